The number of carbonyl (C=O) groups is 1. The molecule has 3 N–H and O–H groups in total. The molecule has 2 aromatic rings. The van der Waals surface area contributed by atoms with Crippen molar-refractivity contribution in [1.82, 2.24) is 0 Å². The summed E-state index contributed by atoms with van der Waals surface area (Å²) >= 11 is 0. The van der Waals surface area contributed by atoms with E-state index in [0.29, 0.717) is 11.5 Å². The zero-order valence-electron chi connectivity index (χ0n) is 11.0. The van der Waals surface area contributed by atoms with Gasteiger partial charge in [0.2, 0.25) is 0 Å². The molecule has 0 aliphatic heterocycles. The van der Waals surface area contributed by atoms with Gasteiger partial charge in [0.15, 0.2) is 6.61 Å². The predicted molar refractivity (Wildman–Crippen MR) is 74.2 cm³/mol. The fourth-order valence-corrected chi connectivity index (χ4v) is 1.71. The van der Waals surface area contributed by atoms with Crippen LogP contribution < -0.4 is 20.4 Å². The van der Waals surface area contributed by atoms with E-state index in [1.165, 1.54) is 0 Å². The van der Waals surface area contributed by atoms with Crippen LogP contribution in [0, 0.1) is 0 Å². The van der Waals surface area contributed by atoms with E-state index >= 15 is 0 Å². The van der Waals surface area contributed by atoms with Crippen molar-refractivity contribution in [2.24, 2.45) is 10.9 Å². The van der Waals surface area contributed by atoms with Crippen molar-refractivity contribution in [3.63, 3.8) is 0 Å². The lowest BCUT2D eigenvalue weighted by Gasteiger charge is -2.11. The van der Waals surface area contributed by atoms with E-state index in [1.54, 1.807) is 36.4 Å². The van der Waals surface area contributed by atoms with Crippen molar-refractivity contribution in [2.75, 3.05) is 13.2 Å². The number of nitrogens with zero attached hydrogens (tertiary/aromatic N) is 1. The first-order valence-electron chi connectivity index (χ1n) is 6.03. The summed E-state index contributed by atoms with van der Waals surface area (Å²) < 4.78 is 10.3. The first kappa shape index (κ1) is 14.4. The van der Waals surface area contributed by atoms with Gasteiger partial charge in [0.05, 0.1) is 0 Å². The van der Waals surface area contributed by atoms with Gasteiger partial charge in [-0.15, -0.1) is 0 Å². The van der Waals surface area contributed by atoms with Crippen LogP contribution >= 0.6 is 0 Å². The van der Waals surface area contributed by atoms with E-state index in [2.05, 4.69) is 5.10 Å². The molecule has 0 atom stereocenters. The van der Waals surface area contributed by atoms with Crippen LogP contribution in [0.5, 0.6) is 11.5 Å². The van der Waals surface area contributed by atoms with Crippen LogP contribution in [0.25, 0.3) is 10.8 Å². The molecule has 0 saturated heterocycles. The lowest BCUT2D eigenvalue weighted by Crippen LogP contribution is -2.26. The Balaban J connectivity index is 2.13. The summed E-state index contributed by atoms with van der Waals surface area (Å²) in [6, 6.07) is 10.4. The Kier molecular flexibility index (Phi) is 4.45. The standard InChI is InChI=1S/C14H14N2O5/c15-16-13(17)7-20-11-3-1-10-6-12(21-8-14(18)19)4-2-9(10)5-11/h1-6H,7-8,15H2,(H,16,17)(H,18,19)/p-1. The molecule has 0 saturated carbocycles. The van der Waals surface area contributed by atoms with Gasteiger partial charge in [0.25, 0.3) is 0 Å². The Hall–Kier alpha value is -2.96. The summed E-state index contributed by atoms with van der Waals surface area (Å²) in [5, 5.41) is 24.2. The molecule has 0 aromatic heterocycles. The molecular formula is C14H13N2O5-. The van der Waals surface area contributed by atoms with Gasteiger partial charge in [-0.05, 0) is 35.0 Å². The molecule has 0 unspecified atom stereocenters. The van der Waals surface area contributed by atoms with E-state index in [0.717, 1.165) is 10.8 Å². The van der Waals surface area contributed by atoms with Gasteiger partial charge in [0, 0.05) is 5.90 Å². The summed E-state index contributed by atoms with van der Waals surface area (Å²) in [5.41, 5.74) is 0. The molecule has 21 heavy (non-hydrogen) atoms. The molecule has 2 aromatic carbocycles. The lowest BCUT2D eigenvalue weighted by atomic mass is 10.1. The van der Waals surface area contributed by atoms with Crippen LogP contribution in [0.3, 0.4) is 0 Å². The normalized spacial score (nSPS) is 11.3. The number of hydrogen-bond donors (Lipinski definition) is 2. The molecule has 7 nitrogen and oxygen atoms in total. The molecule has 0 spiro atoms. The van der Waals surface area contributed by atoms with Gasteiger partial charge in [-0.1, -0.05) is 12.1 Å². The molecule has 0 amide bonds. The molecule has 0 radical (unpaired) electrons. The molecular weight excluding hydrogens is 276 g/mol. The van der Waals surface area contributed by atoms with E-state index in [-0.39, 0.29) is 6.61 Å². The van der Waals surface area contributed by atoms with Gasteiger partial charge >= 0.3 is 5.97 Å². The SMILES string of the molecule is NN=C([O-])COc1ccc2cc(OCC(=O)O)ccc2c1. The number of fused-ring (bicyclic) bond motifs is 1. The van der Waals surface area contributed by atoms with Gasteiger partial charge in [-0.3, -0.25) is 0 Å². The average molecular weight is 289 g/mol. The van der Waals surface area contributed by atoms with Gasteiger partial charge < -0.3 is 25.5 Å². The lowest BCUT2D eigenvalue weighted by molar-refractivity contribution is -0.221. The summed E-state index contributed by atoms with van der Waals surface area (Å²) in [6.07, 6.45) is 0. The Morgan fingerprint density at radius 2 is 1.62 bits per heavy atom. The van der Waals surface area contributed by atoms with Crippen molar-refractivity contribution in [2.45, 2.75) is 0 Å². The zero-order chi connectivity index (χ0) is 15.2. The Bertz CT molecular complexity index is 684. The Morgan fingerprint density at radius 1 is 1.10 bits per heavy atom. The minimum Gasteiger partial charge on any atom is -0.858 e. The third kappa shape index (κ3) is 4.00. The van der Waals surface area contributed by atoms with Crippen molar-refractivity contribution in [3.8, 4) is 11.5 Å². The second kappa shape index (κ2) is 6.47. The van der Waals surface area contributed by atoms with Crippen LogP contribution in [0.1, 0.15) is 0 Å². The quantitative estimate of drug-likeness (QED) is 0.342. The fraction of sp³-hybridized carbons (Fsp3) is 0.143. The van der Waals surface area contributed by atoms with Crippen molar-refractivity contribution in [3.05, 3.63) is 36.4 Å². The number of benzene rings is 2. The maximum absolute atomic E-state index is 10.9. The Morgan fingerprint density at radius 3 is 2.10 bits per heavy atom. The maximum atomic E-state index is 10.9. The highest BCUT2D eigenvalue weighted by Gasteiger charge is 2.02. The number of ether oxygens (including phenoxy) is 2. The third-order valence-corrected chi connectivity index (χ3v) is 2.65. The highest BCUT2D eigenvalue weighted by atomic mass is 16.5. The zero-order valence-corrected chi connectivity index (χ0v) is 11.0. The number of carboxylic acids is 1. The van der Waals surface area contributed by atoms with Crippen molar-refractivity contribution < 1.29 is 24.5 Å². The number of carboxylic acid groups (broad SMARTS) is 1. The number of hydrogen-bond acceptors (Lipinski definition) is 6. The summed E-state index contributed by atoms with van der Waals surface area (Å²) in [6.45, 7) is -0.612. The fourth-order valence-electron chi connectivity index (χ4n) is 1.71. The highest BCUT2D eigenvalue weighted by molar-refractivity contribution is 5.85. The van der Waals surface area contributed by atoms with E-state index in [4.69, 9.17) is 20.4 Å². The average Bonchev–Trinajstić information content (AvgIpc) is 2.50. The maximum Gasteiger partial charge on any atom is 0.341 e. The first-order chi connectivity index (χ1) is 10.1. The highest BCUT2D eigenvalue weighted by Crippen LogP contribution is 2.25. The van der Waals surface area contributed by atoms with Crippen LogP contribution in [-0.4, -0.2) is 30.2 Å². The summed E-state index contributed by atoms with van der Waals surface area (Å²) in [7, 11) is 0. The van der Waals surface area contributed by atoms with Crippen molar-refractivity contribution >= 4 is 22.6 Å². The van der Waals surface area contributed by atoms with Gasteiger partial charge in [-0.2, -0.15) is 0 Å². The van der Waals surface area contributed by atoms with E-state index in [9.17, 15) is 9.90 Å². The topological polar surface area (TPSA) is 117 Å². The molecule has 110 valence electrons. The largest absolute Gasteiger partial charge is 0.858 e. The molecule has 7 heteroatoms. The number of aliphatic carboxylic acids is 1. The molecule has 0 bridgehead atoms. The van der Waals surface area contributed by atoms with Crippen LogP contribution in [-0.2, 0) is 4.79 Å². The molecule has 0 aliphatic carbocycles. The second-order valence-corrected chi connectivity index (χ2v) is 4.16. The van der Waals surface area contributed by atoms with Crippen LogP contribution in [0.4, 0.5) is 0 Å². The summed E-state index contributed by atoms with van der Waals surface area (Å²) in [4.78, 5) is 10.4. The monoisotopic (exact) mass is 289 g/mol. The van der Waals surface area contributed by atoms with Crippen LogP contribution in [0.15, 0.2) is 41.5 Å². The van der Waals surface area contributed by atoms with Crippen LogP contribution in [0.2, 0.25) is 0 Å². The number of rotatable bonds is 6. The minimum atomic E-state index is -1.03. The molecule has 2 rings (SSSR count). The minimum absolute atomic E-state index is 0.220. The van der Waals surface area contributed by atoms with Gasteiger partial charge in [-0.25, -0.2) is 9.90 Å². The summed E-state index contributed by atoms with van der Waals surface area (Å²) in [5.74, 6) is 4.23. The molecule has 0 fully saturated rings. The van der Waals surface area contributed by atoms with Gasteiger partial charge in [0.1, 0.15) is 18.1 Å². The van der Waals surface area contributed by atoms with Crippen molar-refractivity contribution in [1.29, 1.82) is 0 Å². The Labute approximate surface area is 120 Å². The smallest absolute Gasteiger partial charge is 0.341 e. The molecule has 0 heterocycles. The third-order valence-electron chi connectivity index (χ3n) is 2.65. The van der Waals surface area contributed by atoms with E-state index in [1.807, 2.05) is 0 Å². The van der Waals surface area contributed by atoms with E-state index < -0.39 is 18.5 Å². The first-order valence-corrected chi connectivity index (χ1v) is 6.03. The number of nitrogens with two attached hydrogens (primary N) is 1. The predicted octanol–water partition coefficient (Wildman–Crippen LogP) is 0.315. The molecule has 0 aliphatic rings. The second-order valence-electron chi connectivity index (χ2n) is 4.16. The number of hydrazone groups is 1.